The Kier molecular flexibility index (Phi) is 4.33. The fourth-order valence-corrected chi connectivity index (χ4v) is 3.75. The number of aromatic nitrogens is 6. The van der Waals surface area contributed by atoms with E-state index >= 15 is 0 Å². The third kappa shape index (κ3) is 3.04. The third-order valence-electron chi connectivity index (χ3n) is 5.03. The van der Waals surface area contributed by atoms with E-state index in [0.29, 0.717) is 18.0 Å². The van der Waals surface area contributed by atoms with Crippen LogP contribution in [-0.4, -0.2) is 52.5 Å². The standard InChI is InChI=1S/C17H23N7O2/c1-11-6-14-18-13(7-16(26)24(14)21-11)9-23-5-3-4-12(8-23)17-20-19-15(10-25)22(17)2/h6-7,12,21,25H,3-5,8-10H2,1-2H3/t12-/m1/s1. The van der Waals surface area contributed by atoms with Crippen molar-refractivity contribution >= 4 is 5.65 Å². The zero-order chi connectivity index (χ0) is 18.3. The molecule has 0 unspecified atom stereocenters. The number of aryl methyl sites for hydroxylation is 1. The maximum absolute atomic E-state index is 12.2. The van der Waals surface area contributed by atoms with Gasteiger partial charge in [-0.2, -0.15) is 0 Å². The van der Waals surface area contributed by atoms with Crippen LogP contribution in [0.3, 0.4) is 0 Å². The minimum atomic E-state index is -0.107. The summed E-state index contributed by atoms with van der Waals surface area (Å²) >= 11 is 0. The zero-order valence-electron chi connectivity index (χ0n) is 15.0. The van der Waals surface area contributed by atoms with E-state index in [2.05, 4.69) is 25.2 Å². The highest BCUT2D eigenvalue weighted by molar-refractivity contribution is 5.39. The first kappa shape index (κ1) is 16.9. The van der Waals surface area contributed by atoms with E-state index in [9.17, 15) is 9.90 Å². The van der Waals surface area contributed by atoms with Crippen LogP contribution in [0.25, 0.3) is 5.65 Å². The summed E-state index contributed by atoms with van der Waals surface area (Å²) in [4.78, 5) is 19.2. The van der Waals surface area contributed by atoms with Gasteiger partial charge in [0.05, 0.1) is 5.69 Å². The number of nitrogens with zero attached hydrogens (tertiary/aromatic N) is 6. The molecule has 4 heterocycles. The summed E-state index contributed by atoms with van der Waals surface area (Å²) in [6, 6.07) is 3.47. The molecule has 0 bridgehead atoms. The number of aliphatic hydroxyl groups is 1. The molecule has 1 atom stereocenters. The predicted octanol–water partition coefficient (Wildman–Crippen LogP) is 0.331. The van der Waals surface area contributed by atoms with Crippen molar-refractivity contribution in [3.63, 3.8) is 0 Å². The van der Waals surface area contributed by atoms with Crippen LogP contribution >= 0.6 is 0 Å². The summed E-state index contributed by atoms with van der Waals surface area (Å²) in [6.45, 7) is 4.24. The van der Waals surface area contributed by atoms with Crippen LogP contribution in [0.2, 0.25) is 0 Å². The first-order chi connectivity index (χ1) is 12.5. The van der Waals surface area contributed by atoms with E-state index in [1.807, 2.05) is 24.6 Å². The molecule has 1 aliphatic heterocycles. The molecule has 0 saturated carbocycles. The molecular formula is C17H23N7O2. The quantitative estimate of drug-likeness (QED) is 0.697. The summed E-state index contributed by atoms with van der Waals surface area (Å²) in [6.07, 6.45) is 2.09. The smallest absolute Gasteiger partial charge is 0.272 e. The lowest BCUT2D eigenvalue weighted by molar-refractivity contribution is 0.192. The predicted molar refractivity (Wildman–Crippen MR) is 94.7 cm³/mol. The molecule has 0 spiro atoms. The van der Waals surface area contributed by atoms with Gasteiger partial charge in [-0.3, -0.25) is 14.8 Å². The lowest BCUT2D eigenvalue weighted by Crippen LogP contribution is -2.35. The second kappa shape index (κ2) is 6.65. The Bertz CT molecular complexity index is 987. The van der Waals surface area contributed by atoms with Gasteiger partial charge in [-0.1, -0.05) is 0 Å². The van der Waals surface area contributed by atoms with Gasteiger partial charge in [0.15, 0.2) is 11.5 Å². The number of likely N-dealkylation sites (tertiary alicyclic amines) is 1. The zero-order valence-corrected chi connectivity index (χ0v) is 15.0. The molecular weight excluding hydrogens is 334 g/mol. The molecule has 9 nitrogen and oxygen atoms in total. The Balaban J connectivity index is 1.53. The summed E-state index contributed by atoms with van der Waals surface area (Å²) < 4.78 is 3.35. The van der Waals surface area contributed by atoms with E-state index in [1.54, 1.807) is 6.07 Å². The van der Waals surface area contributed by atoms with E-state index in [4.69, 9.17) is 0 Å². The number of fused-ring (bicyclic) bond motifs is 1. The average molecular weight is 357 g/mol. The lowest BCUT2D eigenvalue weighted by Gasteiger charge is -2.31. The normalized spacial score (nSPS) is 18.7. The first-order valence-electron chi connectivity index (χ1n) is 8.85. The molecule has 9 heteroatoms. The van der Waals surface area contributed by atoms with E-state index < -0.39 is 0 Å². The lowest BCUT2D eigenvalue weighted by atomic mass is 9.97. The van der Waals surface area contributed by atoms with Gasteiger partial charge >= 0.3 is 0 Å². The second-order valence-corrected chi connectivity index (χ2v) is 6.98. The molecule has 2 N–H and O–H groups in total. The number of rotatable bonds is 4. The molecule has 3 aromatic heterocycles. The Hall–Kier alpha value is -2.52. The molecule has 0 aromatic carbocycles. The Morgan fingerprint density at radius 3 is 2.96 bits per heavy atom. The average Bonchev–Trinajstić information content (AvgIpc) is 3.17. The number of hydrogen-bond donors (Lipinski definition) is 2. The van der Waals surface area contributed by atoms with Crippen molar-refractivity contribution in [3.05, 3.63) is 45.5 Å². The van der Waals surface area contributed by atoms with Crippen LogP contribution in [-0.2, 0) is 20.2 Å². The number of nitrogens with one attached hydrogen (secondary N) is 1. The van der Waals surface area contributed by atoms with Crippen LogP contribution in [0.4, 0.5) is 0 Å². The van der Waals surface area contributed by atoms with Crippen LogP contribution in [0.5, 0.6) is 0 Å². The first-order valence-corrected chi connectivity index (χ1v) is 8.85. The largest absolute Gasteiger partial charge is 0.388 e. The van der Waals surface area contributed by atoms with E-state index in [1.165, 1.54) is 4.52 Å². The molecule has 4 rings (SSSR count). The van der Waals surface area contributed by atoms with Gasteiger partial charge in [-0.05, 0) is 26.3 Å². The topological polar surface area (TPSA) is 104 Å². The fraction of sp³-hybridized carbons (Fsp3) is 0.529. The van der Waals surface area contributed by atoms with E-state index in [0.717, 1.165) is 43.1 Å². The molecule has 138 valence electrons. The van der Waals surface area contributed by atoms with Crippen LogP contribution in [0.1, 0.15) is 41.8 Å². The van der Waals surface area contributed by atoms with Gasteiger partial charge in [-0.25, -0.2) is 9.50 Å². The molecule has 3 aromatic rings. The highest BCUT2D eigenvalue weighted by Gasteiger charge is 2.26. The third-order valence-corrected chi connectivity index (χ3v) is 5.03. The Morgan fingerprint density at radius 2 is 2.19 bits per heavy atom. The van der Waals surface area contributed by atoms with Crippen molar-refractivity contribution in [2.75, 3.05) is 13.1 Å². The Morgan fingerprint density at radius 1 is 1.35 bits per heavy atom. The minimum absolute atomic E-state index is 0.0902. The second-order valence-electron chi connectivity index (χ2n) is 6.98. The molecule has 1 saturated heterocycles. The summed E-state index contributed by atoms with van der Waals surface area (Å²) in [5.41, 5.74) is 2.25. The maximum Gasteiger partial charge on any atom is 0.272 e. The molecule has 26 heavy (non-hydrogen) atoms. The number of aromatic amines is 1. The SMILES string of the molecule is Cc1cc2nc(CN3CCC[C@@H](c4nnc(CO)n4C)C3)cc(=O)n2[nH]1. The molecule has 0 aliphatic carbocycles. The number of piperidine rings is 1. The van der Waals surface area contributed by atoms with E-state index in [-0.39, 0.29) is 18.1 Å². The summed E-state index contributed by atoms with van der Waals surface area (Å²) in [7, 11) is 1.89. The van der Waals surface area contributed by atoms with Gasteiger partial charge < -0.3 is 9.67 Å². The summed E-state index contributed by atoms with van der Waals surface area (Å²) in [5, 5.41) is 20.6. The fourth-order valence-electron chi connectivity index (χ4n) is 3.75. The van der Waals surface area contributed by atoms with Crippen molar-refractivity contribution in [1.82, 2.24) is 34.3 Å². The van der Waals surface area contributed by atoms with Crippen molar-refractivity contribution in [2.45, 2.75) is 38.8 Å². The molecule has 0 amide bonds. The van der Waals surface area contributed by atoms with Gasteiger partial charge in [0.25, 0.3) is 5.56 Å². The molecule has 1 aliphatic rings. The number of aliphatic hydroxyl groups excluding tert-OH is 1. The van der Waals surface area contributed by atoms with Crippen LogP contribution in [0, 0.1) is 6.92 Å². The van der Waals surface area contributed by atoms with Crippen molar-refractivity contribution < 1.29 is 5.11 Å². The summed E-state index contributed by atoms with van der Waals surface area (Å²) in [5.74, 6) is 1.75. The maximum atomic E-state index is 12.2. The van der Waals surface area contributed by atoms with Gasteiger partial charge in [0.2, 0.25) is 0 Å². The van der Waals surface area contributed by atoms with Crippen molar-refractivity contribution in [1.29, 1.82) is 0 Å². The monoisotopic (exact) mass is 357 g/mol. The highest BCUT2D eigenvalue weighted by Crippen LogP contribution is 2.26. The number of H-pyrrole nitrogens is 1. The Labute approximate surface area is 150 Å². The highest BCUT2D eigenvalue weighted by atomic mass is 16.3. The van der Waals surface area contributed by atoms with Crippen LogP contribution < -0.4 is 5.56 Å². The minimum Gasteiger partial charge on any atom is -0.388 e. The van der Waals surface area contributed by atoms with Gasteiger partial charge in [0.1, 0.15) is 12.4 Å². The van der Waals surface area contributed by atoms with Crippen molar-refractivity contribution in [3.8, 4) is 0 Å². The van der Waals surface area contributed by atoms with Gasteiger partial charge in [0, 0.05) is 43.9 Å². The van der Waals surface area contributed by atoms with Crippen molar-refractivity contribution in [2.24, 2.45) is 7.05 Å². The molecule has 1 fully saturated rings. The number of hydrogen-bond acceptors (Lipinski definition) is 6. The van der Waals surface area contributed by atoms with Gasteiger partial charge in [-0.15, -0.1) is 10.2 Å². The molecule has 0 radical (unpaired) electrons. The van der Waals surface area contributed by atoms with Crippen LogP contribution in [0.15, 0.2) is 16.9 Å².